The van der Waals surface area contributed by atoms with Crippen molar-refractivity contribution in [2.75, 3.05) is 12.4 Å². The molecule has 0 unspecified atom stereocenters. The molecule has 0 amide bonds. The predicted molar refractivity (Wildman–Crippen MR) is 50.5 cm³/mol. The Morgan fingerprint density at radius 2 is 2.31 bits per heavy atom. The summed E-state index contributed by atoms with van der Waals surface area (Å²) < 4.78 is 4.65. The van der Waals surface area contributed by atoms with Crippen LogP contribution in [0, 0.1) is 0 Å². The van der Waals surface area contributed by atoms with Crippen LogP contribution in [0.5, 0.6) is 0 Å². The van der Waals surface area contributed by atoms with Gasteiger partial charge >= 0.3 is 5.97 Å². The lowest BCUT2D eigenvalue weighted by molar-refractivity contribution is -0.144. The van der Waals surface area contributed by atoms with E-state index < -0.39 is 5.54 Å². The smallest absolute Gasteiger partial charge is 0.330 e. The van der Waals surface area contributed by atoms with Gasteiger partial charge in [-0.25, -0.2) is 4.79 Å². The Bertz CT molecular complexity index is 278. The number of rotatable bonds is 3. The van der Waals surface area contributed by atoms with Gasteiger partial charge in [-0.2, -0.15) is 0 Å². The zero-order valence-corrected chi connectivity index (χ0v) is 8.05. The molecule has 0 atom stereocenters. The molecule has 0 fully saturated rings. The van der Waals surface area contributed by atoms with Crippen molar-refractivity contribution in [2.45, 2.75) is 19.4 Å². The first-order valence-electron chi connectivity index (χ1n) is 4.05. The number of hydrogen-bond acceptors (Lipinski definition) is 3. The van der Waals surface area contributed by atoms with E-state index in [2.05, 4.69) is 15.0 Å². The first kappa shape index (κ1) is 9.64. The number of carbonyl (C=O) groups excluding carboxylic acids is 1. The third-order valence-corrected chi connectivity index (χ3v) is 1.75. The minimum Gasteiger partial charge on any atom is -0.467 e. The van der Waals surface area contributed by atoms with Crippen molar-refractivity contribution in [1.29, 1.82) is 0 Å². The third kappa shape index (κ3) is 2.24. The van der Waals surface area contributed by atoms with E-state index in [4.69, 9.17) is 0 Å². The van der Waals surface area contributed by atoms with Crippen LogP contribution >= 0.6 is 0 Å². The molecule has 72 valence electrons. The standard InChI is InChI=1S/C9H14N2O2/c1-9(2,8(12)13-3)11-7-4-5-10-6-7/h4-6,10-11H,1-3H3. The lowest BCUT2D eigenvalue weighted by Gasteiger charge is -2.23. The highest BCUT2D eigenvalue weighted by Crippen LogP contribution is 2.14. The summed E-state index contributed by atoms with van der Waals surface area (Å²) in [7, 11) is 1.38. The molecule has 1 rings (SSSR count). The quantitative estimate of drug-likeness (QED) is 0.694. The number of esters is 1. The van der Waals surface area contributed by atoms with Crippen LogP contribution in [0.1, 0.15) is 13.8 Å². The molecule has 0 bridgehead atoms. The second-order valence-corrected chi connectivity index (χ2v) is 3.34. The second kappa shape index (κ2) is 3.51. The highest BCUT2D eigenvalue weighted by atomic mass is 16.5. The van der Waals surface area contributed by atoms with Gasteiger partial charge in [-0.3, -0.25) is 0 Å². The summed E-state index contributed by atoms with van der Waals surface area (Å²) in [6, 6.07) is 1.85. The largest absolute Gasteiger partial charge is 0.467 e. The number of ether oxygens (including phenoxy) is 1. The fraction of sp³-hybridized carbons (Fsp3) is 0.444. The first-order chi connectivity index (χ1) is 6.06. The maximum absolute atomic E-state index is 11.3. The second-order valence-electron chi connectivity index (χ2n) is 3.34. The van der Waals surface area contributed by atoms with E-state index in [0.717, 1.165) is 5.69 Å². The van der Waals surface area contributed by atoms with E-state index in [-0.39, 0.29) is 5.97 Å². The molecule has 0 saturated carbocycles. The number of hydrogen-bond donors (Lipinski definition) is 2. The molecule has 2 N–H and O–H groups in total. The van der Waals surface area contributed by atoms with Gasteiger partial charge in [0.05, 0.1) is 12.8 Å². The molecule has 4 heteroatoms. The molecule has 0 aromatic carbocycles. The molecular formula is C9H14N2O2. The van der Waals surface area contributed by atoms with Crippen LogP contribution in [0.2, 0.25) is 0 Å². The van der Waals surface area contributed by atoms with Crippen molar-refractivity contribution < 1.29 is 9.53 Å². The summed E-state index contributed by atoms with van der Waals surface area (Å²) in [5.41, 5.74) is 0.173. The van der Waals surface area contributed by atoms with E-state index in [1.54, 1.807) is 26.2 Å². The fourth-order valence-corrected chi connectivity index (χ4v) is 1.07. The van der Waals surface area contributed by atoms with Gasteiger partial charge < -0.3 is 15.0 Å². The number of H-pyrrole nitrogens is 1. The molecule has 0 radical (unpaired) electrons. The third-order valence-electron chi connectivity index (χ3n) is 1.75. The number of aromatic amines is 1. The summed E-state index contributed by atoms with van der Waals surface area (Å²) in [6.07, 6.45) is 3.57. The van der Waals surface area contributed by atoms with Crippen LogP contribution in [0.3, 0.4) is 0 Å². The van der Waals surface area contributed by atoms with E-state index in [1.165, 1.54) is 7.11 Å². The zero-order valence-electron chi connectivity index (χ0n) is 8.05. The predicted octanol–water partition coefficient (Wildman–Crippen LogP) is 1.38. The fourth-order valence-electron chi connectivity index (χ4n) is 1.07. The van der Waals surface area contributed by atoms with Crippen LogP contribution in [0.25, 0.3) is 0 Å². The lowest BCUT2D eigenvalue weighted by atomic mass is 10.1. The Hall–Kier alpha value is -1.45. The maximum Gasteiger partial charge on any atom is 0.330 e. The average Bonchev–Trinajstić information content (AvgIpc) is 2.54. The Morgan fingerprint density at radius 3 is 2.77 bits per heavy atom. The summed E-state index contributed by atoms with van der Waals surface area (Å²) in [5, 5.41) is 3.04. The number of anilines is 1. The van der Waals surface area contributed by atoms with Crippen molar-refractivity contribution in [1.82, 2.24) is 4.98 Å². The Balaban J connectivity index is 2.67. The molecule has 0 spiro atoms. The van der Waals surface area contributed by atoms with Gasteiger partial charge in [0.15, 0.2) is 0 Å². The van der Waals surface area contributed by atoms with Gasteiger partial charge in [0, 0.05) is 12.4 Å². The Labute approximate surface area is 77.3 Å². The highest BCUT2D eigenvalue weighted by Gasteiger charge is 2.28. The number of nitrogens with one attached hydrogen (secondary N) is 2. The minimum absolute atomic E-state index is 0.284. The van der Waals surface area contributed by atoms with E-state index >= 15 is 0 Å². The van der Waals surface area contributed by atoms with Gasteiger partial charge in [0.25, 0.3) is 0 Å². The van der Waals surface area contributed by atoms with Gasteiger partial charge in [-0.15, -0.1) is 0 Å². The van der Waals surface area contributed by atoms with Crippen LogP contribution in [-0.2, 0) is 9.53 Å². The van der Waals surface area contributed by atoms with Crippen molar-refractivity contribution in [3.05, 3.63) is 18.5 Å². The summed E-state index contributed by atoms with van der Waals surface area (Å²) in [4.78, 5) is 14.2. The Kier molecular flexibility index (Phi) is 2.60. The van der Waals surface area contributed by atoms with Crippen molar-refractivity contribution in [3.8, 4) is 0 Å². The molecule has 0 saturated heterocycles. The van der Waals surface area contributed by atoms with Gasteiger partial charge in [0.2, 0.25) is 0 Å². The average molecular weight is 182 g/mol. The van der Waals surface area contributed by atoms with Crippen molar-refractivity contribution in [2.24, 2.45) is 0 Å². The van der Waals surface area contributed by atoms with Crippen molar-refractivity contribution in [3.63, 3.8) is 0 Å². The van der Waals surface area contributed by atoms with E-state index in [9.17, 15) is 4.79 Å². The molecule has 1 aromatic heterocycles. The zero-order chi connectivity index (χ0) is 9.90. The van der Waals surface area contributed by atoms with Gasteiger partial charge in [0.1, 0.15) is 5.54 Å². The molecule has 0 aliphatic carbocycles. The molecule has 13 heavy (non-hydrogen) atoms. The summed E-state index contributed by atoms with van der Waals surface area (Å²) in [5.74, 6) is -0.284. The van der Waals surface area contributed by atoms with Crippen LogP contribution in [0.4, 0.5) is 5.69 Å². The molecule has 0 aliphatic heterocycles. The monoisotopic (exact) mass is 182 g/mol. The molecule has 1 aromatic rings. The minimum atomic E-state index is -0.697. The molecule has 4 nitrogen and oxygen atoms in total. The number of aromatic nitrogens is 1. The molecule has 1 heterocycles. The summed E-state index contributed by atoms with van der Waals surface area (Å²) >= 11 is 0. The topological polar surface area (TPSA) is 54.1 Å². The van der Waals surface area contributed by atoms with E-state index in [0.29, 0.717) is 0 Å². The summed E-state index contributed by atoms with van der Waals surface area (Å²) in [6.45, 7) is 3.54. The molecular weight excluding hydrogens is 168 g/mol. The van der Waals surface area contributed by atoms with Crippen molar-refractivity contribution >= 4 is 11.7 Å². The first-order valence-corrected chi connectivity index (χ1v) is 4.05. The Morgan fingerprint density at radius 1 is 1.62 bits per heavy atom. The highest BCUT2D eigenvalue weighted by molar-refractivity contribution is 5.83. The SMILES string of the molecule is COC(=O)C(C)(C)Nc1cc[nH]c1. The van der Waals surface area contributed by atoms with Gasteiger partial charge in [-0.05, 0) is 19.9 Å². The lowest BCUT2D eigenvalue weighted by Crippen LogP contribution is -2.40. The van der Waals surface area contributed by atoms with Gasteiger partial charge in [-0.1, -0.05) is 0 Å². The van der Waals surface area contributed by atoms with E-state index in [1.807, 2.05) is 6.07 Å². The number of carbonyl (C=O) groups is 1. The van der Waals surface area contributed by atoms with Crippen LogP contribution in [0.15, 0.2) is 18.5 Å². The van der Waals surface area contributed by atoms with Crippen LogP contribution in [-0.4, -0.2) is 23.6 Å². The van der Waals surface area contributed by atoms with Crippen LogP contribution < -0.4 is 5.32 Å². The maximum atomic E-state index is 11.3. The normalized spacial score (nSPS) is 11.0. The molecule has 0 aliphatic rings. The number of methoxy groups -OCH3 is 1.